The molecule has 0 aliphatic carbocycles. The normalized spacial score (nSPS) is 18.6. The van der Waals surface area contributed by atoms with Gasteiger partial charge in [0.2, 0.25) is 0 Å². The number of imidazole rings is 1. The van der Waals surface area contributed by atoms with Crippen LogP contribution in [0, 0.1) is 5.41 Å². The Morgan fingerprint density at radius 3 is 2.75 bits per heavy atom. The number of nitrogens with two attached hydrogens (primary N) is 1. The molecule has 3 rings (SSSR count). The van der Waals surface area contributed by atoms with Crippen molar-refractivity contribution in [2.45, 2.75) is 19.8 Å². The minimum Gasteiger partial charge on any atom is -0.398 e. The molecular formula is C15H22N4O. The molecule has 1 fully saturated rings. The standard InChI is InChI=1S/C15H22N4O/c1-15(11-20-2)5-7-18(8-6-15)14-10-19-9-12(16)3-4-13(19)17-14/h3-4,9-10H,5-8,11,16H2,1-2H3. The van der Waals surface area contributed by atoms with E-state index in [1.807, 2.05) is 22.7 Å². The number of pyridine rings is 1. The third-order valence-corrected chi connectivity index (χ3v) is 4.25. The largest absolute Gasteiger partial charge is 0.398 e. The van der Waals surface area contributed by atoms with Gasteiger partial charge in [-0.2, -0.15) is 0 Å². The van der Waals surface area contributed by atoms with E-state index in [-0.39, 0.29) is 0 Å². The number of hydrogen-bond acceptors (Lipinski definition) is 4. The van der Waals surface area contributed by atoms with Crippen molar-refractivity contribution >= 4 is 17.2 Å². The van der Waals surface area contributed by atoms with Gasteiger partial charge in [0.05, 0.1) is 12.8 Å². The van der Waals surface area contributed by atoms with Crippen molar-refractivity contribution in [2.24, 2.45) is 5.41 Å². The van der Waals surface area contributed by atoms with Crippen LogP contribution in [0.5, 0.6) is 0 Å². The summed E-state index contributed by atoms with van der Waals surface area (Å²) in [4.78, 5) is 7.02. The second kappa shape index (κ2) is 4.98. The number of methoxy groups -OCH3 is 1. The number of aromatic nitrogens is 2. The average Bonchev–Trinajstić information content (AvgIpc) is 2.82. The maximum absolute atomic E-state index is 5.80. The summed E-state index contributed by atoms with van der Waals surface area (Å²) in [7, 11) is 1.78. The first kappa shape index (κ1) is 13.2. The molecule has 0 radical (unpaired) electrons. The van der Waals surface area contributed by atoms with Crippen molar-refractivity contribution < 1.29 is 4.74 Å². The lowest BCUT2D eigenvalue weighted by Gasteiger charge is -2.39. The summed E-state index contributed by atoms with van der Waals surface area (Å²) >= 11 is 0. The summed E-state index contributed by atoms with van der Waals surface area (Å²) in [5.41, 5.74) is 7.81. The summed E-state index contributed by atoms with van der Waals surface area (Å²) in [6.07, 6.45) is 6.24. The van der Waals surface area contributed by atoms with Crippen LogP contribution in [0.3, 0.4) is 0 Å². The van der Waals surface area contributed by atoms with Crippen LogP contribution in [0.15, 0.2) is 24.5 Å². The first-order valence-electron chi connectivity index (χ1n) is 7.08. The molecule has 1 aliphatic rings. The zero-order valence-corrected chi connectivity index (χ0v) is 12.2. The van der Waals surface area contributed by atoms with E-state index in [2.05, 4.69) is 23.0 Å². The van der Waals surface area contributed by atoms with Gasteiger partial charge in [-0.1, -0.05) is 6.92 Å². The SMILES string of the molecule is COCC1(C)CCN(c2cn3cc(N)ccc3n2)CC1. The van der Waals surface area contributed by atoms with Crippen LogP contribution in [0.1, 0.15) is 19.8 Å². The summed E-state index contributed by atoms with van der Waals surface area (Å²) < 4.78 is 7.33. The van der Waals surface area contributed by atoms with Gasteiger partial charge in [-0.25, -0.2) is 4.98 Å². The van der Waals surface area contributed by atoms with Crippen LogP contribution in [-0.4, -0.2) is 36.2 Å². The maximum atomic E-state index is 5.80. The Hall–Kier alpha value is -1.75. The maximum Gasteiger partial charge on any atom is 0.147 e. The van der Waals surface area contributed by atoms with Crippen molar-refractivity contribution in [1.82, 2.24) is 9.38 Å². The third kappa shape index (κ3) is 2.45. The van der Waals surface area contributed by atoms with Crippen molar-refractivity contribution in [1.29, 1.82) is 0 Å². The zero-order valence-electron chi connectivity index (χ0n) is 12.2. The molecule has 0 saturated carbocycles. The van der Waals surface area contributed by atoms with E-state index in [4.69, 9.17) is 10.5 Å². The van der Waals surface area contributed by atoms with E-state index in [9.17, 15) is 0 Å². The monoisotopic (exact) mass is 274 g/mol. The molecular weight excluding hydrogens is 252 g/mol. The number of hydrogen-bond donors (Lipinski definition) is 1. The number of nitrogen functional groups attached to an aromatic ring is 1. The molecule has 2 N–H and O–H groups in total. The van der Waals surface area contributed by atoms with Crippen LogP contribution in [0.4, 0.5) is 11.5 Å². The van der Waals surface area contributed by atoms with Crippen molar-refractivity contribution in [3.63, 3.8) is 0 Å². The fraction of sp³-hybridized carbons (Fsp3) is 0.533. The Morgan fingerprint density at radius 2 is 2.05 bits per heavy atom. The first-order chi connectivity index (χ1) is 9.59. The molecule has 5 heteroatoms. The molecule has 0 amide bonds. The minimum atomic E-state index is 0.300. The van der Waals surface area contributed by atoms with Gasteiger partial charge in [-0.15, -0.1) is 0 Å². The summed E-state index contributed by atoms with van der Waals surface area (Å²) in [6.45, 7) is 5.19. The van der Waals surface area contributed by atoms with Gasteiger partial charge < -0.3 is 19.8 Å². The number of nitrogens with zero attached hydrogens (tertiary/aromatic N) is 3. The van der Waals surface area contributed by atoms with Crippen LogP contribution >= 0.6 is 0 Å². The molecule has 0 atom stereocenters. The zero-order chi connectivity index (χ0) is 14.2. The van der Waals surface area contributed by atoms with Gasteiger partial charge in [0.1, 0.15) is 11.5 Å². The van der Waals surface area contributed by atoms with Crippen LogP contribution in [-0.2, 0) is 4.74 Å². The molecule has 0 aromatic carbocycles. The highest BCUT2D eigenvalue weighted by atomic mass is 16.5. The Morgan fingerprint density at radius 1 is 1.30 bits per heavy atom. The molecule has 2 aromatic rings. The molecule has 0 spiro atoms. The van der Waals surface area contributed by atoms with E-state index < -0.39 is 0 Å². The second-order valence-corrected chi connectivity index (χ2v) is 6.06. The molecule has 3 heterocycles. The highest BCUT2D eigenvalue weighted by molar-refractivity contribution is 5.54. The molecule has 2 aromatic heterocycles. The third-order valence-electron chi connectivity index (χ3n) is 4.25. The quantitative estimate of drug-likeness (QED) is 0.932. The molecule has 1 saturated heterocycles. The Kier molecular flexibility index (Phi) is 3.30. The van der Waals surface area contributed by atoms with Gasteiger partial charge in [0.25, 0.3) is 0 Å². The van der Waals surface area contributed by atoms with Gasteiger partial charge >= 0.3 is 0 Å². The Labute approximate surface area is 119 Å². The van der Waals surface area contributed by atoms with Crippen LogP contribution in [0.25, 0.3) is 5.65 Å². The van der Waals surface area contributed by atoms with E-state index in [1.165, 1.54) is 0 Å². The van der Waals surface area contributed by atoms with E-state index in [1.54, 1.807) is 7.11 Å². The molecule has 108 valence electrons. The van der Waals surface area contributed by atoms with Crippen molar-refractivity contribution in [3.05, 3.63) is 24.5 Å². The topological polar surface area (TPSA) is 55.8 Å². The van der Waals surface area contributed by atoms with Gasteiger partial charge in [0.15, 0.2) is 0 Å². The van der Waals surface area contributed by atoms with E-state index in [0.717, 1.165) is 49.7 Å². The summed E-state index contributed by atoms with van der Waals surface area (Å²) in [6, 6.07) is 3.84. The Balaban J connectivity index is 1.76. The molecule has 0 unspecified atom stereocenters. The highest BCUT2D eigenvalue weighted by Gasteiger charge is 2.30. The number of fused-ring (bicyclic) bond motifs is 1. The van der Waals surface area contributed by atoms with E-state index in [0.29, 0.717) is 5.41 Å². The van der Waals surface area contributed by atoms with Crippen LogP contribution in [0.2, 0.25) is 0 Å². The van der Waals surface area contributed by atoms with Gasteiger partial charge in [-0.3, -0.25) is 0 Å². The summed E-state index contributed by atoms with van der Waals surface area (Å²) in [5, 5.41) is 0. The van der Waals surface area contributed by atoms with Gasteiger partial charge in [-0.05, 0) is 30.4 Å². The number of anilines is 2. The number of piperidine rings is 1. The predicted octanol–water partition coefficient (Wildman–Crippen LogP) is 2.17. The second-order valence-electron chi connectivity index (χ2n) is 6.06. The van der Waals surface area contributed by atoms with E-state index >= 15 is 0 Å². The fourth-order valence-electron chi connectivity index (χ4n) is 2.92. The van der Waals surface area contributed by atoms with Crippen molar-refractivity contribution in [3.8, 4) is 0 Å². The molecule has 0 bridgehead atoms. The molecule has 1 aliphatic heterocycles. The minimum absolute atomic E-state index is 0.300. The first-order valence-corrected chi connectivity index (χ1v) is 7.08. The average molecular weight is 274 g/mol. The molecule has 5 nitrogen and oxygen atoms in total. The lowest BCUT2D eigenvalue weighted by Crippen LogP contribution is -2.40. The lowest BCUT2D eigenvalue weighted by atomic mass is 9.81. The fourth-order valence-corrected chi connectivity index (χ4v) is 2.92. The van der Waals surface area contributed by atoms with Crippen LogP contribution < -0.4 is 10.6 Å². The smallest absolute Gasteiger partial charge is 0.147 e. The summed E-state index contributed by atoms with van der Waals surface area (Å²) in [5.74, 6) is 1.04. The number of ether oxygens (including phenoxy) is 1. The predicted molar refractivity (Wildman–Crippen MR) is 81.0 cm³/mol. The molecule has 20 heavy (non-hydrogen) atoms. The Bertz CT molecular complexity index is 599. The lowest BCUT2D eigenvalue weighted by molar-refractivity contribution is 0.0730. The van der Waals surface area contributed by atoms with Gasteiger partial charge in [0, 0.05) is 32.1 Å². The van der Waals surface area contributed by atoms with Crippen molar-refractivity contribution in [2.75, 3.05) is 37.4 Å². The number of rotatable bonds is 3. The highest BCUT2D eigenvalue weighted by Crippen LogP contribution is 2.32.